The van der Waals surface area contributed by atoms with Gasteiger partial charge in [0.2, 0.25) is 0 Å². The molecule has 2 nitrogen and oxygen atoms in total. The molecule has 0 aliphatic carbocycles. The van der Waals surface area contributed by atoms with Crippen LogP contribution in [0.5, 0.6) is 0 Å². The van der Waals surface area contributed by atoms with Gasteiger partial charge in [-0.1, -0.05) is 30.3 Å². The van der Waals surface area contributed by atoms with Crippen LogP contribution in [-0.2, 0) is 0 Å². The van der Waals surface area contributed by atoms with E-state index >= 15 is 0 Å². The van der Waals surface area contributed by atoms with Crippen molar-refractivity contribution in [2.45, 2.75) is 18.4 Å². The minimum Gasteiger partial charge on any atom is -0.316 e. The van der Waals surface area contributed by atoms with E-state index in [4.69, 9.17) is 0 Å². The Labute approximate surface area is 92.3 Å². The van der Waals surface area contributed by atoms with Gasteiger partial charge in [0.25, 0.3) is 0 Å². The smallest absolute Gasteiger partial charge is 0.0198 e. The summed E-state index contributed by atoms with van der Waals surface area (Å²) in [5.41, 5.74) is 1.48. The molecule has 0 bridgehead atoms. The van der Waals surface area contributed by atoms with E-state index in [1.165, 1.54) is 25.1 Å². The van der Waals surface area contributed by atoms with Gasteiger partial charge in [0, 0.05) is 19.1 Å². The number of rotatable bonds is 2. The van der Waals surface area contributed by atoms with Crippen molar-refractivity contribution in [3.8, 4) is 0 Å². The van der Waals surface area contributed by atoms with Crippen LogP contribution in [0.15, 0.2) is 30.3 Å². The fraction of sp³-hybridized carbons (Fsp3) is 0.538. The quantitative estimate of drug-likeness (QED) is 0.788. The minimum absolute atomic E-state index is 0.633. The summed E-state index contributed by atoms with van der Waals surface area (Å²) >= 11 is 0. The van der Waals surface area contributed by atoms with Crippen LogP contribution in [0.2, 0.25) is 0 Å². The van der Waals surface area contributed by atoms with E-state index in [0.29, 0.717) is 12.0 Å². The van der Waals surface area contributed by atoms with E-state index in [-0.39, 0.29) is 0 Å². The molecule has 0 radical (unpaired) electrons. The summed E-state index contributed by atoms with van der Waals surface area (Å²) in [4.78, 5) is 2.42. The first-order valence-electron chi connectivity index (χ1n) is 5.70. The van der Waals surface area contributed by atoms with Gasteiger partial charge in [0.05, 0.1) is 0 Å². The van der Waals surface area contributed by atoms with Crippen molar-refractivity contribution in [3.05, 3.63) is 35.9 Å². The highest BCUT2D eigenvalue weighted by molar-refractivity contribution is 5.21. The SMILES string of the molecule is CNC1CC(c2ccccc2)CN(C)C1. The highest BCUT2D eigenvalue weighted by atomic mass is 15.1. The zero-order valence-corrected chi connectivity index (χ0v) is 9.61. The number of likely N-dealkylation sites (N-methyl/N-ethyl adjacent to an activating group) is 2. The lowest BCUT2D eigenvalue weighted by molar-refractivity contribution is 0.210. The molecule has 0 spiro atoms. The van der Waals surface area contributed by atoms with Gasteiger partial charge in [0.15, 0.2) is 0 Å². The lowest BCUT2D eigenvalue weighted by Gasteiger charge is -2.35. The van der Waals surface area contributed by atoms with Gasteiger partial charge in [0.1, 0.15) is 0 Å². The topological polar surface area (TPSA) is 15.3 Å². The Hall–Kier alpha value is -0.860. The van der Waals surface area contributed by atoms with Crippen LogP contribution in [0, 0.1) is 0 Å². The van der Waals surface area contributed by atoms with E-state index in [1.54, 1.807) is 0 Å². The number of hydrogen-bond donors (Lipinski definition) is 1. The average Bonchev–Trinajstić information content (AvgIpc) is 2.29. The first kappa shape index (κ1) is 10.7. The lowest BCUT2D eigenvalue weighted by Crippen LogP contribution is -2.45. The summed E-state index contributed by atoms with van der Waals surface area (Å²) in [5.74, 6) is 0.683. The Morgan fingerprint density at radius 1 is 1.20 bits per heavy atom. The number of benzene rings is 1. The molecule has 2 unspecified atom stereocenters. The molecule has 15 heavy (non-hydrogen) atoms. The number of hydrogen-bond acceptors (Lipinski definition) is 2. The maximum atomic E-state index is 3.39. The van der Waals surface area contributed by atoms with Crippen molar-refractivity contribution in [1.29, 1.82) is 0 Å². The first-order chi connectivity index (χ1) is 7.29. The van der Waals surface area contributed by atoms with Crippen LogP contribution in [0.1, 0.15) is 17.9 Å². The van der Waals surface area contributed by atoms with Gasteiger partial charge in [-0.05, 0) is 32.0 Å². The zero-order valence-electron chi connectivity index (χ0n) is 9.61. The molecule has 0 amide bonds. The third-order valence-corrected chi connectivity index (χ3v) is 3.31. The van der Waals surface area contributed by atoms with Crippen molar-refractivity contribution in [3.63, 3.8) is 0 Å². The van der Waals surface area contributed by atoms with Crippen molar-refractivity contribution in [2.75, 3.05) is 27.2 Å². The van der Waals surface area contributed by atoms with Gasteiger partial charge in [-0.2, -0.15) is 0 Å². The Kier molecular flexibility index (Phi) is 3.39. The Balaban J connectivity index is 2.09. The molecule has 1 aromatic carbocycles. The molecular formula is C13H20N2. The second-order valence-electron chi connectivity index (χ2n) is 4.55. The molecule has 0 aromatic heterocycles. The monoisotopic (exact) mass is 204 g/mol. The Morgan fingerprint density at radius 2 is 1.93 bits per heavy atom. The van der Waals surface area contributed by atoms with Gasteiger partial charge < -0.3 is 10.2 Å². The van der Waals surface area contributed by atoms with Gasteiger partial charge in [-0.15, -0.1) is 0 Å². The van der Waals surface area contributed by atoms with E-state index in [0.717, 1.165) is 0 Å². The maximum absolute atomic E-state index is 3.39. The predicted molar refractivity (Wildman–Crippen MR) is 64.1 cm³/mol. The molecule has 1 heterocycles. The zero-order chi connectivity index (χ0) is 10.7. The van der Waals surface area contributed by atoms with Gasteiger partial charge >= 0.3 is 0 Å². The van der Waals surface area contributed by atoms with Crippen LogP contribution < -0.4 is 5.32 Å². The molecule has 0 saturated carbocycles. The Morgan fingerprint density at radius 3 is 2.60 bits per heavy atom. The van der Waals surface area contributed by atoms with Crippen LogP contribution in [0.3, 0.4) is 0 Å². The standard InChI is InChI=1S/C13H20N2/c1-14-13-8-12(9-15(2)10-13)11-6-4-3-5-7-11/h3-7,12-14H,8-10H2,1-2H3. The fourth-order valence-corrected chi connectivity index (χ4v) is 2.50. The molecule has 2 atom stereocenters. The molecule has 2 rings (SSSR count). The number of likely N-dealkylation sites (tertiary alicyclic amines) is 1. The predicted octanol–water partition coefficient (Wildman–Crippen LogP) is 1.69. The first-order valence-corrected chi connectivity index (χ1v) is 5.70. The highest BCUT2D eigenvalue weighted by Crippen LogP contribution is 2.25. The lowest BCUT2D eigenvalue weighted by atomic mass is 9.88. The molecule has 1 fully saturated rings. The largest absolute Gasteiger partial charge is 0.316 e. The normalized spacial score (nSPS) is 27.9. The van der Waals surface area contributed by atoms with Crippen molar-refractivity contribution in [1.82, 2.24) is 10.2 Å². The van der Waals surface area contributed by atoms with E-state index in [2.05, 4.69) is 54.6 Å². The number of nitrogens with one attached hydrogen (secondary N) is 1. The molecule has 2 heteroatoms. The molecule has 1 N–H and O–H groups in total. The van der Waals surface area contributed by atoms with E-state index < -0.39 is 0 Å². The molecule has 1 aliphatic rings. The Bertz CT molecular complexity index is 297. The number of nitrogens with zero attached hydrogens (tertiary/aromatic N) is 1. The summed E-state index contributed by atoms with van der Waals surface area (Å²) in [7, 11) is 4.27. The van der Waals surface area contributed by atoms with Crippen molar-refractivity contribution in [2.24, 2.45) is 0 Å². The second kappa shape index (κ2) is 4.77. The van der Waals surface area contributed by atoms with E-state index in [9.17, 15) is 0 Å². The van der Waals surface area contributed by atoms with Gasteiger partial charge in [-0.25, -0.2) is 0 Å². The number of piperidine rings is 1. The molecule has 82 valence electrons. The maximum Gasteiger partial charge on any atom is 0.0198 e. The summed E-state index contributed by atoms with van der Waals surface area (Å²) in [6.07, 6.45) is 1.25. The molecular weight excluding hydrogens is 184 g/mol. The molecule has 1 aliphatic heterocycles. The van der Waals surface area contributed by atoms with Gasteiger partial charge in [-0.3, -0.25) is 0 Å². The summed E-state index contributed by atoms with van der Waals surface area (Å²) in [6, 6.07) is 11.5. The molecule has 1 aromatic rings. The second-order valence-corrected chi connectivity index (χ2v) is 4.55. The van der Waals surface area contributed by atoms with Crippen molar-refractivity contribution < 1.29 is 0 Å². The van der Waals surface area contributed by atoms with Crippen LogP contribution in [0.4, 0.5) is 0 Å². The van der Waals surface area contributed by atoms with E-state index in [1.807, 2.05) is 0 Å². The summed E-state index contributed by atoms with van der Waals surface area (Å²) in [5, 5.41) is 3.39. The van der Waals surface area contributed by atoms with Crippen molar-refractivity contribution >= 4 is 0 Å². The molecule has 1 saturated heterocycles. The third kappa shape index (κ3) is 2.58. The average molecular weight is 204 g/mol. The van der Waals surface area contributed by atoms with Crippen LogP contribution in [-0.4, -0.2) is 38.1 Å². The highest BCUT2D eigenvalue weighted by Gasteiger charge is 2.24. The summed E-state index contributed by atoms with van der Waals surface area (Å²) in [6.45, 7) is 2.35. The minimum atomic E-state index is 0.633. The van der Waals surface area contributed by atoms with Crippen LogP contribution >= 0.6 is 0 Å². The third-order valence-electron chi connectivity index (χ3n) is 3.31. The fourth-order valence-electron chi connectivity index (χ4n) is 2.50. The van der Waals surface area contributed by atoms with Crippen LogP contribution in [0.25, 0.3) is 0 Å². The summed E-state index contributed by atoms with van der Waals surface area (Å²) < 4.78 is 0.